The van der Waals surface area contributed by atoms with E-state index in [4.69, 9.17) is 4.74 Å². The number of hydrogen-bond donors (Lipinski definition) is 4. The second kappa shape index (κ2) is 7.38. The maximum Gasteiger partial charge on any atom is 0.122 e. The van der Waals surface area contributed by atoms with Crippen LogP contribution in [0.15, 0.2) is 54.6 Å². The molecule has 4 N–H and O–H groups in total. The summed E-state index contributed by atoms with van der Waals surface area (Å²) in [7, 11) is 1.50. The Morgan fingerprint density at radius 1 is 1.12 bits per heavy atom. The van der Waals surface area contributed by atoms with Gasteiger partial charge in [-0.3, -0.25) is 0 Å². The molecule has 2 aromatic carbocycles. The van der Waals surface area contributed by atoms with E-state index < -0.39 is 12.2 Å². The number of benzene rings is 2. The summed E-state index contributed by atoms with van der Waals surface area (Å²) < 4.78 is 5.03. The number of hydrogen-bond acceptors (Lipinski definition) is 5. The molecule has 1 atom stereocenters. The Morgan fingerprint density at radius 2 is 1.79 bits per heavy atom. The van der Waals surface area contributed by atoms with Crippen LogP contribution < -0.4 is 4.74 Å². The zero-order valence-corrected chi connectivity index (χ0v) is 13.6. The van der Waals surface area contributed by atoms with Crippen LogP contribution >= 0.6 is 0 Å². The van der Waals surface area contributed by atoms with Crippen LogP contribution in [0.2, 0.25) is 0 Å². The minimum absolute atomic E-state index is 0.0151. The lowest BCUT2D eigenvalue weighted by molar-refractivity contribution is 0.0158. The zero-order valence-electron chi connectivity index (χ0n) is 13.6. The second-order valence-electron chi connectivity index (χ2n) is 5.81. The molecular formula is C19H22O5. The Balaban J connectivity index is 2.17. The fourth-order valence-corrected chi connectivity index (χ4v) is 2.45. The Labute approximate surface area is 141 Å². The van der Waals surface area contributed by atoms with Crippen molar-refractivity contribution < 1.29 is 25.2 Å². The van der Waals surface area contributed by atoms with Gasteiger partial charge in [0.15, 0.2) is 0 Å². The lowest BCUT2D eigenvalue weighted by Crippen LogP contribution is -2.38. The molecule has 0 amide bonds. The van der Waals surface area contributed by atoms with Gasteiger partial charge in [-0.05, 0) is 41.3 Å². The van der Waals surface area contributed by atoms with Crippen LogP contribution in [-0.2, 0) is 12.8 Å². The van der Waals surface area contributed by atoms with E-state index in [1.807, 2.05) is 0 Å². The summed E-state index contributed by atoms with van der Waals surface area (Å²) >= 11 is 0. The molecule has 0 aliphatic rings. The van der Waals surface area contributed by atoms with Crippen molar-refractivity contribution in [3.05, 3.63) is 65.7 Å². The van der Waals surface area contributed by atoms with E-state index >= 15 is 0 Å². The first-order valence-electron chi connectivity index (χ1n) is 7.53. The number of ether oxygens (including phenoxy) is 1. The maximum absolute atomic E-state index is 10.8. The van der Waals surface area contributed by atoms with E-state index in [1.165, 1.54) is 13.2 Å². The van der Waals surface area contributed by atoms with Crippen LogP contribution in [0.1, 0.15) is 11.1 Å². The van der Waals surface area contributed by atoms with Gasteiger partial charge in [-0.1, -0.05) is 24.8 Å². The molecule has 0 bridgehead atoms. The smallest absolute Gasteiger partial charge is 0.122 e. The van der Waals surface area contributed by atoms with Crippen LogP contribution in [0.25, 0.3) is 0 Å². The molecule has 128 valence electrons. The highest BCUT2D eigenvalue weighted by atomic mass is 16.5. The van der Waals surface area contributed by atoms with Gasteiger partial charge in [-0.25, -0.2) is 0 Å². The largest absolute Gasteiger partial charge is 0.508 e. The van der Waals surface area contributed by atoms with Crippen molar-refractivity contribution in [3.63, 3.8) is 0 Å². The molecule has 24 heavy (non-hydrogen) atoms. The topological polar surface area (TPSA) is 90.2 Å². The SMILES string of the molecule is C=C(Cc1ccc(O)cc1)[C@@](O)(CO)Cc1ccc(OC)cc1O. The number of phenolic OH excluding ortho intramolecular Hbond substituents is 2. The fraction of sp³-hybridized carbons (Fsp3) is 0.263. The number of aliphatic hydroxyl groups excluding tert-OH is 1. The molecule has 0 aliphatic carbocycles. The van der Waals surface area contributed by atoms with Gasteiger partial charge < -0.3 is 25.2 Å². The van der Waals surface area contributed by atoms with Crippen molar-refractivity contribution in [2.24, 2.45) is 0 Å². The van der Waals surface area contributed by atoms with Gasteiger partial charge >= 0.3 is 0 Å². The molecule has 2 rings (SSSR count). The Kier molecular flexibility index (Phi) is 5.49. The number of methoxy groups -OCH3 is 1. The lowest BCUT2D eigenvalue weighted by atomic mass is 9.85. The first-order chi connectivity index (χ1) is 11.4. The van der Waals surface area contributed by atoms with Crippen molar-refractivity contribution in [1.82, 2.24) is 0 Å². The van der Waals surface area contributed by atoms with E-state index in [0.717, 1.165) is 5.56 Å². The molecule has 0 saturated heterocycles. The minimum atomic E-state index is -1.57. The van der Waals surface area contributed by atoms with Crippen LogP contribution in [0.3, 0.4) is 0 Å². The fourth-order valence-electron chi connectivity index (χ4n) is 2.45. The molecule has 2 aromatic rings. The number of aromatic hydroxyl groups is 2. The molecule has 0 radical (unpaired) electrons. The average Bonchev–Trinajstić information content (AvgIpc) is 2.58. The Morgan fingerprint density at radius 3 is 2.33 bits per heavy atom. The van der Waals surface area contributed by atoms with E-state index in [-0.39, 0.29) is 17.9 Å². The molecule has 0 fully saturated rings. The van der Waals surface area contributed by atoms with Gasteiger partial charge in [0.1, 0.15) is 22.8 Å². The van der Waals surface area contributed by atoms with Crippen molar-refractivity contribution in [2.45, 2.75) is 18.4 Å². The zero-order chi connectivity index (χ0) is 17.7. The van der Waals surface area contributed by atoms with Crippen molar-refractivity contribution in [3.8, 4) is 17.2 Å². The summed E-state index contributed by atoms with van der Waals surface area (Å²) in [6.45, 7) is 3.38. The van der Waals surface area contributed by atoms with E-state index in [9.17, 15) is 20.4 Å². The molecule has 0 spiro atoms. The molecule has 0 aliphatic heterocycles. The quantitative estimate of drug-likeness (QED) is 0.584. The van der Waals surface area contributed by atoms with Crippen LogP contribution in [0, 0.1) is 0 Å². The number of phenols is 2. The summed E-state index contributed by atoms with van der Waals surface area (Å²) in [5, 5.41) is 39.8. The number of aliphatic hydroxyl groups is 2. The van der Waals surface area contributed by atoms with Gasteiger partial charge in [-0.2, -0.15) is 0 Å². The molecule has 0 saturated carbocycles. The van der Waals surface area contributed by atoms with E-state index in [1.54, 1.807) is 36.4 Å². The normalized spacial score (nSPS) is 13.3. The molecule has 0 unspecified atom stereocenters. The Bertz CT molecular complexity index is 708. The van der Waals surface area contributed by atoms with Crippen LogP contribution in [0.5, 0.6) is 17.2 Å². The maximum atomic E-state index is 10.8. The third kappa shape index (κ3) is 4.07. The summed E-state index contributed by atoms with van der Waals surface area (Å²) in [6, 6.07) is 11.3. The summed E-state index contributed by atoms with van der Waals surface area (Å²) in [5.74, 6) is 0.648. The first-order valence-corrected chi connectivity index (χ1v) is 7.53. The van der Waals surface area contributed by atoms with Crippen LogP contribution in [-0.4, -0.2) is 39.7 Å². The predicted octanol–water partition coefficient (Wildman–Crippen LogP) is 2.17. The molecule has 5 nitrogen and oxygen atoms in total. The Hall–Kier alpha value is -2.50. The third-order valence-corrected chi connectivity index (χ3v) is 4.05. The van der Waals surface area contributed by atoms with Gasteiger partial charge in [0.05, 0.1) is 13.7 Å². The predicted molar refractivity (Wildman–Crippen MR) is 91.3 cm³/mol. The highest BCUT2D eigenvalue weighted by Gasteiger charge is 2.31. The lowest BCUT2D eigenvalue weighted by Gasteiger charge is -2.29. The molecule has 0 heterocycles. The molecule has 0 aromatic heterocycles. The van der Waals surface area contributed by atoms with E-state index in [0.29, 0.717) is 23.3 Å². The van der Waals surface area contributed by atoms with Gasteiger partial charge in [-0.15, -0.1) is 0 Å². The van der Waals surface area contributed by atoms with Crippen molar-refractivity contribution in [2.75, 3.05) is 13.7 Å². The van der Waals surface area contributed by atoms with Gasteiger partial charge in [0.25, 0.3) is 0 Å². The monoisotopic (exact) mass is 330 g/mol. The molecular weight excluding hydrogens is 308 g/mol. The summed E-state index contributed by atoms with van der Waals surface area (Å²) in [5.41, 5.74) is 0.193. The van der Waals surface area contributed by atoms with Crippen LogP contribution in [0.4, 0.5) is 0 Å². The standard InChI is InChI=1S/C19H22O5/c1-13(9-14-3-6-16(21)7-4-14)19(23,12-20)11-15-5-8-17(24-2)10-18(15)22/h3-8,10,20-23H,1,9,11-12H2,2H3/t19-/m0/s1. The summed E-state index contributed by atoms with van der Waals surface area (Å²) in [6.07, 6.45) is 0.366. The van der Waals surface area contributed by atoms with Crippen molar-refractivity contribution >= 4 is 0 Å². The second-order valence-corrected chi connectivity index (χ2v) is 5.81. The van der Waals surface area contributed by atoms with Gasteiger partial charge in [0.2, 0.25) is 0 Å². The highest BCUT2D eigenvalue weighted by molar-refractivity contribution is 5.42. The third-order valence-electron chi connectivity index (χ3n) is 4.05. The van der Waals surface area contributed by atoms with Gasteiger partial charge in [0, 0.05) is 12.5 Å². The van der Waals surface area contributed by atoms with E-state index in [2.05, 4.69) is 6.58 Å². The first kappa shape index (κ1) is 17.8. The average molecular weight is 330 g/mol. The number of rotatable bonds is 7. The highest BCUT2D eigenvalue weighted by Crippen LogP contribution is 2.30. The van der Waals surface area contributed by atoms with Crippen molar-refractivity contribution in [1.29, 1.82) is 0 Å². The molecule has 5 heteroatoms. The minimum Gasteiger partial charge on any atom is -0.508 e. The summed E-state index contributed by atoms with van der Waals surface area (Å²) in [4.78, 5) is 0.